The summed E-state index contributed by atoms with van der Waals surface area (Å²) in [7, 11) is 0. The van der Waals surface area contributed by atoms with Crippen molar-refractivity contribution in [3.8, 4) is 5.75 Å². The molecule has 0 spiro atoms. The number of aromatic nitrogens is 2. The van der Waals surface area contributed by atoms with Gasteiger partial charge in [0.25, 0.3) is 5.91 Å². The summed E-state index contributed by atoms with van der Waals surface area (Å²) in [5.74, 6) is 0.433. The normalized spacial score (nSPS) is 17.0. The van der Waals surface area contributed by atoms with Gasteiger partial charge in [0.15, 0.2) is 11.7 Å². The number of hydrogen-bond donors (Lipinski definition) is 2. The van der Waals surface area contributed by atoms with Crippen LogP contribution in [0.3, 0.4) is 0 Å². The lowest BCUT2D eigenvalue weighted by Crippen LogP contribution is -2.30. The summed E-state index contributed by atoms with van der Waals surface area (Å²) in [6.45, 7) is 2.92. The first-order chi connectivity index (χ1) is 17.6. The molecule has 0 aliphatic carbocycles. The fourth-order valence-corrected chi connectivity index (χ4v) is 4.83. The number of pyridine rings is 1. The number of thiocarbonyl (C=S) groups is 1. The van der Waals surface area contributed by atoms with E-state index >= 15 is 0 Å². The van der Waals surface area contributed by atoms with Crippen LogP contribution in [0.5, 0.6) is 5.75 Å². The van der Waals surface area contributed by atoms with Gasteiger partial charge in [0.1, 0.15) is 11.8 Å². The number of para-hydroxylation sites is 1. The van der Waals surface area contributed by atoms with E-state index in [1.165, 1.54) is 0 Å². The highest BCUT2D eigenvalue weighted by Gasteiger charge is 2.41. The Kier molecular flexibility index (Phi) is 6.95. The van der Waals surface area contributed by atoms with Crippen LogP contribution in [0, 0.1) is 0 Å². The maximum atomic E-state index is 12.4. The molecular weight excluding hydrogens is 470 g/mol. The van der Waals surface area contributed by atoms with E-state index in [0.29, 0.717) is 16.5 Å². The summed E-state index contributed by atoms with van der Waals surface area (Å²) >= 11 is 5.81. The molecule has 0 saturated carbocycles. The van der Waals surface area contributed by atoms with Gasteiger partial charge in [-0.25, -0.2) is 0 Å². The third kappa shape index (κ3) is 4.94. The van der Waals surface area contributed by atoms with Crippen LogP contribution >= 0.6 is 12.2 Å². The van der Waals surface area contributed by atoms with Gasteiger partial charge in [0.05, 0.1) is 11.7 Å². The molecule has 1 fully saturated rings. The summed E-state index contributed by atoms with van der Waals surface area (Å²) in [4.78, 5) is 19.1. The van der Waals surface area contributed by atoms with Crippen LogP contribution in [0.15, 0.2) is 97.3 Å². The van der Waals surface area contributed by atoms with Crippen LogP contribution in [0.2, 0.25) is 0 Å². The summed E-state index contributed by atoms with van der Waals surface area (Å²) in [5.41, 5.74) is 3.70. The first kappa shape index (κ1) is 23.6. The number of nitrogens with one attached hydrogen (secondary N) is 2. The Morgan fingerprint density at radius 2 is 1.81 bits per heavy atom. The van der Waals surface area contributed by atoms with E-state index in [9.17, 15) is 4.79 Å². The zero-order valence-corrected chi connectivity index (χ0v) is 20.7. The van der Waals surface area contributed by atoms with Crippen molar-refractivity contribution in [2.24, 2.45) is 0 Å². The van der Waals surface area contributed by atoms with Gasteiger partial charge in [-0.05, 0) is 79.8 Å². The van der Waals surface area contributed by atoms with Gasteiger partial charge in [-0.1, -0.05) is 24.3 Å². The van der Waals surface area contributed by atoms with Gasteiger partial charge in [-0.3, -0.25) is 9.78 Å². The lowest BCUT2D eigenvalue weighted by Gasteiger charge is -2.29. The average molecular weight is 498 g/mol. The molecule has 0 bridgehead atoms. The second-order valence-corrected chi connectivity index (χ2v) is 8.80. The molecule has 1 saturated heterocycles. The molecule has 4 aromatic rings. The molecule has 3 heterocycles. The number of nitrogens with zero attached hydrogens (tertiary/aromatic N) is 3. The molecule has 0 radical (unpaired) electrons. The fraction of sp³-hybridized carbons (Fsp3) is 0.179. The van der Waals surface area contributed by atoms with Gasteiger partial charge < -0.3 is 24.8 Å². The summed E-state index contributed by atoms with van der Waals surface area (Å²) in [6.07, 6.45) is 3.89. The fourth-order valence-electron chi connectivity index (χ4n) is 4.49. The molecule has 7 nitrogen and oxygen atoms in total. The number of carbonyl (C=O) groups excluding carboxylic acids is 1. The Bertz CT molecular complexity index is 1330. The van der Waals surface area contributed by atoms with Crippen molar-refractivity contribution in [2.45, 2.75) is 25.6 Å². The number of anilines is 2. The third-order valence-electron chi connectivity index (χ3n) is 6.15. The maximum absolute atomic E-state index is 12.4. The third-order valence-corrected chi connectivity index (χ3v) is 6.46. The minimum atomic E-state index is -0.223. The molecule has 0 unspecified atom stereocenters. The van der Waals surface area contributed by atoms with Crippen molar-refractivity contribution in [3.05, 3.63) is 109 Å². The monoisotopic (exact) mass is 497 g/mol. The predicted molar refractivity (Wildman–Crippen MR) is 145 cm³/mol. The molecule has 182 valence electrons. The number of hydrogen-bond acceptors (Lipinski definition) is 4. The first-order valence-corrected chi connectivity index (χ1v) is 12.3. The van der Waals surface area contributed by atoms with E-state index < -0.39 is 0 Å². The molecule has 2 aromatic carbocycles. The average Bonchev–Trinajstić information content (AvgIpc) is 3.53. The maximum Gasteiger partial charge on any atom is 0.262 e. The zero-order valence-electron chi connectivity index (χ0n) is 19.9. The highest BCUT2D eigenvalue weighted by atomic mass is 32.1. The number of rotatable bonds is 8. The number of carbonyl (C=O) groups is 1. The van der Waals surface area contributed by atoms with Gasteiger partial charge in [0.2, 0.25) is 0 Å². The smallest absolute Gasteiger partial charge is 0.262 e. The lowest BCUT2D eigenvalue weighted by atomic mass is 10.0. The summed E-state index contributed by atoms with van der Waals surface area (Å²) in [6, 6.07) is 26.9. The number of ether oxygens (including phenoxy) is 1. The molecule has 1 aliphatic rings. The quantitative estimate of drug-likeness (QED) is 0.330. The van der Waals surface area contributed by atoms with Crippen molar-refractivity contribution in [1.29, 1.82) is 0 Å². The van der Waals surface area contributed by atoms with Gasteiger partial charge in [-0.2, -0.15) is 0 Å². The standard InChI is InChI=1S/C28H27N5O2S/c1-2-32-18-8-12-24(32)27-26(23-11-6-7-17-29-23)31-28(36)33(27)21-15-13-20(14-16-21)30-25(34)19-35-22-9-4-3-5-10-22/h3-18,26-27H,2,19H2,1H3,(H,30,34)(H,31,36)/t26-,27+/m1/s1. The molecule has 1 amide bonds. The van der Waals surface area contributed by atoms with Crippen LogP contribution in [0.25, 0.3) is 0 Å². The summed E-state index contributed by atoms with van der Waals surface area (Å²) < 4.78 is 7.76. The van der Waals surface area contributed by atoms with E-state index in [2.05, 4.69) is 50.3 Å². The van der Waals surface area contributed by atoms with E-state index in [4.69, 9.17) is 17.0 Å². The van der Waals surface area contributed by atoms with Crippen molar-refractivity contribution in [2.75, 3.05) is 16.8 Å². The first-order valence-electron chi connectivity index (χ1n) is 11.9. The number of aryl methyl sites for hydroxylation is 1. The molecule has 36 heavy (non-hydrogen) atoms. The largest absolute Gasteiger partial charge is 0.484 e. The van der Waals surface area contributed by atoms with Crippen molar-refractivity contribution in [3.63, 3.8) is 0 Å². The molecule has 1 aliphatic heterocycles. The van der Waals surface area contributed by atoms with Gasteiger partial charge in [-0.15, -0.1) is 0 Å². The second kappa shape index (κ2) is 10.6. The highest BCUT2D eigenvalue weighted by Crippen LogP contribution is 2.41. The van der Waals surface area contributed by atoms with E-state index in [0.717, 1.165) is 23.6 Å². The topological polar surface area (TPSA) is 71.4 Å². The molecule has 2 N–H and O–H groups in total. The Labute approximate surface area is 215 Å². The number of benzene rings is 2. The van der Waals surface area contributed by atoms with Crippen molar-refractivity contribution in [1.82, 2.24) is 14.9 Å². The molecule has 2 atom stereocenters. The SMILES string of the molecule is CCn1cccc1[C@H]1[C@@H](c2ccccn2)NC(=S)N1c1ccc(NC(=O)COc2ccccc2)cc1. The minimum absolute atomic E-state index is 0.0618. The Hall–Kier alpha value is -4.17. The Morgan fingerprint density at radius 1 is 1.03 bits per heavy atom. The second-order valence-electron chi connectivity index (χ2n) is 8.41. The molecule has 5 rings (SSSR count). The predicted octanol–water partition coefficient (Wildman–Crippen LogP) is 5.10. The zero-order chi connectivity index (χ0) is 24.9. The van der Waals surface area contributed by atoms with E-state index in [-0.39, 0.29) is 24.6 Å². The van der Waals surface area contributed by atoms with Crippen LogP contribution in [-0.4, -0.2) is 27.2 Å². The lowest BCUT2D eigenvalue weighted by molar-refractivity contribution is -0.118. The van der Waals surface area contributed by atoms with Crippen molar-refractivity contribution >= 4 is 34.6 Å². The van der Waals surface area contributed by atoms with Gasteiger partial charge >= 0.3 is 0 Å². The molecule has 8 heteroatoms. The van der Waals surface area contributed by atoms with Crippen molar-refractivity contribution < 1.29 is 9.53 Å². The highest BCUT2D eigenvalue weighted by molar-refractivity contribution is 7.80. The van der Waals surface area contributed by atoms with Gasteiger partial charge in [0, 0.05) is 36.0 Å². The Morgan fingerprint density at radius 3 is 2.53 bits per heavy atom. The molecule has 2 aromatic heterocycles. The van der Waals surface area contributed by atoms with E-state index in [1.54, 1.807) is 6.20 Å². The Balaban J connectivity index is 1.36. The number of amides is 1. The summed E-state index contributed by atoms with van der Waals surface area (Å²) in [5, 5.41) is 7.00. The molecular formula is C28H27N5O2S. The minimum Gasteiger partial charge on any atom is -0.484 e. The van der Waals surface area contributed by atoms with E-state index in [1.807, 2.05) is 72.8 Å². The van der Waals surface area contributed by atoms with Crippen LogP contribution in [0.4, 0.5) is 11.4 Å². The van der Waals surface area contributed by atoms with Crippen LogP contribution in [-0.2, 0) is 11.3 Å². The van der Waals surface area contributed by atoms with Crippen LogP contribution < -0.4 is 20.3 Å². The van der Waals surface area contributed by atoms with Crippen LogP contribution in [0.1, 0.15) is 30.4 Å².